The number of carbonyl (C=O) groups excluding carboxylic acids is 1. The molecular weight excluding hydrogens is 367 g/mol. The lowest BCUT2D eigenvalue weighted by atomic mass is 10.1. The quantitative estimate of drug-likeness (QED) is 0.736. The molecule has 0 radical (unpaired) electrons. The van der Waals surface area contributed by atoms with Gasteiger partial charge in [-0.3, -0.25) is 4.79 Å². The number of carbonyl (C=O) groups is 1. The van der Waals surface area contributed by atoms with Crippen molar-refractivity contribution in [1.29, 1.82) is 0 Å². The molecule has 0 bridgehead atoms. The Balaban J connectivity index is 0.00000288. The minimum absolute atomic E-state index is 0. The Morgan fingerprint density at radius 2 is 1.62 bits per heavy atom. The Morgan fingerprint density at radius 3 is 2.17 bits per heavy atom. The van der Waals surface area contributed by atoms with Crippen LogP contribution in [-0.2, 0) is 17.8 Å². The molecule has 0 saturated carbocycles. The largest absolute Gasteiger partial charge is 0.399 e. The standard InChI is InChI=1S/C18H20Cl2N2O.ClH/c1-12(2)22(11-14-5-8-16(19)17(20)9-14)18(23)10-13-3-6-15(21)7-4-13;/h3-9,12H,10-11,21H2,1-2H3;1H. The van der Waals surface area contributed by atoms with E-state index in [1.807, 2.05) is 36.9 Å². The molecule has 0 saturated heterocycles. The summed E-state index contributed by atoms with van der Waals surface area (Å²) in [4.78, 5) is 14.5. The van der Waals surface area contributed by atoms with Crippen LogP contribution in [0.5, 0.6) is 0 Å². The highest BCUT2D eigenvalue weighted by Crippen LogP contribution is 2.24. The van der Waals surface area contributed by atoms with Gasteiger partial charge in [0, 0.05) is 18.3 Å². The van der Waals surface area contributed by atoms with Crippen LogP contribution < -0.4 is 5.73 Å². The van der Waals surface area contributed by atoms with Gasteiger partial charge in [0.1, 0.15) is 0 Å². The molecule has 24 heavy (non-hydrogen) atoms. The van der Waals surface area contributed by atoms with Gasteiger partial charge in [0.2, 0.25) is 5.91 Å². The van der Waals surface area contributed by atoms with Crippen LogP contribution in [0.3, 0.4) is 0 Å². The van der Waals surface area contributed by atoms with Crippen LogP contribution in [0.4, 0.5) is 5.69 Å². The van der Waals surface area contributed by atoms with Gasteiger partial charge in [-0.1, -0.05) is 41.4 Å². The second-order valence-electron chi connectivity index (χ2n) is 5.78. The lowest BCUT2D eigenvalue weighted by Crippen LogP contribution is -2.37. The molecule has 0 atom stereocenters. The fraction of sp³-hybridized carbons (Fsp3) is 0.278. The van der Waals surface area contributed by atoms with Gasteiger partial charge in [-0.15, -0.1) is 12.4 Å². The second-order valence-corrected chi connectivity index (χ2v) is 6.60. The molecule has 0 aromatic heterocycles. The van der Waals surface area contributed by atoms with Crippen molar-refractivity contribution >= 4 is 47.2 Å². The number of rotatable bonds is 5. The summed E-state index contributed by atoms with van der Waals surface area (Å²) in [5, 5.41) is 1.01. The number of benzene rings is 2. The molecular formula is C18H21Cl3N2O. The van der Waals surface area contributed by atoms with E-state index in [2.05, 4.69) is 0 Å². The summed E-state index contributed by atoms with van der Waals surface area (Å²) in [7, 11) is 0. The van der Waals surface area contributed by atoms with E-state index in [0.29, 0.717) is 28.7 Å². The third-order valence-electron chi connectivity index (χ3n) is 3.62. The molecule has 0 aliphatic carbocycles. The van der Waals surface area contributed by atoms with Crippen molar-refractivity contribution in [1.82, 2.24) is 4.90 Å². The fourth-order valence-electron chi connectivity index (χ4n) is 2.31. The van der Waals surface area contributed by atoms with E-state index in [1.54, 1.807) is 24.3 Å². The van der Waals surface area contributed by atoms with Crippen LogP contribution >= 0.6 is 35.6 Å². The van der Waals surface area contributed by atoms with E-state index in [1.165, 1.54) is 0 Å². The number of hydrogen-bond acceptors (Lipinski definition) is 2. The normalized spacial score (nSPS) is 10.4. The summed E-state index contributed by atoms with van der Waals surface area (Å²) in [6.45, 7) is 4.50. The number of nitrogens with two attached hydrogens (primary N) is 1. The van der Waals surface area contributed by atoms with Crippen molar-refractivity contribution in [3.05, 3.63) is 63.6 Å². The first-order chi connectivity index (χ1) is 10.9. The molecule has 0 heterocycles. The third kappa shape index (κ3) is 5.59. The number of hydrogen-bond donors (Lipinski definition) is 1. The van der Waals surface area contributed by atoms with Gasteiger partial charge in [0.15, 0.2) is 0 Å². The Bertz CT molecular complexity index is 687. The van der Waals surface area contributed by atoms with Crippen molar-refractivity contribution in [2.45, 2.75) is 32.9 Å². The van der Waals surface area contributed by atoms with Crippen molar-refractivity contribution in [3.63, 3.8) is 0 Å². The number of amides is 1. The average Bonchev–Trinajstić information content (AvgIpc) is 2.50. The first-order valence-corrected chi connectivity index (χ1v) is 8.20. The monoisotopic (exact) mass is 386 g/mol. The minimum Gasteiger partial charge on any atom is -0.399 e. The van der Waals surface area contributed by atoms with Crippen LogP contribution in [-0.4, -0.2) is 16.8 Å². The van der Waals surface area contributed by atoms with E-state index in [-0.39, 0.29) is 24.4 Å². The smallest absolute Gasteiger partial charge is 0.227 e. The first kappa shape index (κ1) is 20.6. The summed E-state index contributed by atoms with van der Waals surface area (Å²) >= 11 is 12.0. The molecule has 0 spiro atoms. The highest BCUT2D eigenvalue weighted by Gasteiger charge is 2.18. The lowest BCUT2D eigenvalue weighted by Gasteiger charge is -2.27. The molecule has 130 valence electrons. The van der Waals surface area contributed by atoms with Gasteiger partial charge < -0.3 is 10.6 Å². The summed E-state index contributed by atoms with van der Waals surface area (Å²) in [6.07, 6.45) is 0.347. The Kier molecular flexibility index (Phi) is 7.88. The fourth-order valence-corrected chi connectivity index (χ4v) is 2.63. The molecule has 6 heteroatoms. The summed E-state index contributed by atoms with van der Waals surface area (Å²) < 4.78 is 0. The molecule has 2 aromatic carbocycles. The summed E-state index contributed by atoms with van der Waals surface area (Å²) in [5.41, 5.74) is 8.27. The van der Waals surface area contributed by atoms with Crippen LogP contribution in [0.15, 0.2) is 42.5 Å². The predicted octanol–water partition coefficient (Wildman–Crippen LogP) is 4.98. The van der Waals surface area contributed by atoms with Gasteiger partial charge in [0.05, 0.1) is 16.5 Å². The van der Waals surface area contributed by atoms with E-state index in [9.17, 15) is 4.79 Å². The maximum absolute atomic E-state index is 12.6. The molecule has 0 aliphatic rings. The van der Waals surface area contributed by atoms with E-state index in [4.69, 9.17) is 28.9 Å². The molecule has 2 rings (SSSR count). The maximum atomic E-state index is 12.6. The Hall–Kier alpha value is -1.42. The average molecular weight is 388 g/mol. The van der Waals surface area contributed by atoms with Gasteiger partial charge in [-0.2, -0.15) is 0 Å². The minimum atomic E-state index is 0. The van der Waals surface area contributed by atoms with E-state index >= 15 is 0 Å². The second kappa shape index (κ2) is 9.16. The highest BCUT2D eigenvalue weighted by atomic mass is 35.5. The van der Waals surface area contributed by atoms with Gasteiger partial charge >= 0.3 is 0 Å². The number of halogens is 3. The molecule has 2 N–H and O–H groups in total. The van der Waals surface area contributed by atoms with Crippen LogP contribution in [0, 0.1) is 0 Å². The number of anilines is 1. The summed E-state index contributed by atoms with van der Waals surface area (Å²) in [5.74, 6) is 0.0656. The van der Waals surface area contributed by atoms with E-state index < -0.39 is 0 Å². The SMILES string of the molecule is CC(C)N(Cc1ccc(Cl)c(Cl)c1)C(=O)Cc1ccc(N)cc1.Cl. The zero-order valence-electron chi connectivity index (χ0n) is 13.6. The zero-order valence-corrected chi connectivity index (χ0v) is 16.0. The number of nitrogen functional groups attached to an aromatic ring is 1. The topological polar surface area (TPSA) is 46.3 Å². The predicted molar refractivity (Wildman–Crippen MR) is 104 cm³/mol. The molecule has 0 unspecified atom stereocenters. The molecule has 2 aromatic rings. The van der Waals surface area contributed by atoms with Crippen LogP contribution in [0.2, 0.25) is 10.0 Å². The van der Waals surface area contributed by atoms with Crippen LogP contribution in [0.1, 0.15) is 25.0 Å². The number of nitrogens with zero attached hydrogens (tertiary/aromatic N) is 1. The third-order valence-corrected chi connectivity index (χ3v) is 4.35. The Morgan fingerprint density at radius 1 is 1.04 bits per heavy atom. The molecule has 0 fully saturated rings. The van der Waals surface area contributed by atoms with Gasteiger partial charge in [-0.25, -0.2) is 0 Å². The highest BCUT2D eigenvalue weighted by molar-refractivity contribution is 6.42. The maximum Gasteiger partial charge on any atom is 0.227 e. The van der Waals surface area contributed by atoms with Crippen LogP contribution in [0.25, 0.3) is 0 Å². The van der Waals surface area contributed by atoms with Gasteiger partial charge in [-0.05, 0) is 49.2 Å². The zero-order chi connectivity index (χ0) is 17.0. The summed E-state index contributed by atoms with van der Waals surface area (Å²) in [6, 6.07) is 12.9. The Labute approximate surface area is 159 Å². The lowest BCUT2D eigenvalue weighted by molar-refractivity contribution is -0.132. The first-order valence-electron chi connectivity index (χ1n) is 7.44. The van der Waals surface area contributed by atoms with E-state index in [0.717, 1.165) is 11.1 Å². The molecule has 1 amide bonds. The van der Waals surface area contributed by atoms with Crippen molar-refractivity contribution < 1.29 is 4.79 Å². The van der Waals surface area contributed by atoms with Gasteiger partial charge in [0.25, 0.3) is 0 Å². The molecule has 0 aliphatic heterocycles. The van der Waals surface area contributed by atoms with Crippen molar-refractivity contribution in [3.8, 4) is 0 Å². The van der Waals surface area contributed by atoms with Crippen molar-refractivity contribution in [2.24, 2.45) is 0 Å². The van der Waals surface area contributed by atoms with Crippen molar-refractivity contribution in [2.75, 3.05) is 5.73 Å². The molecule has 3 nitrogen and oxygen atoms in total.